The van der Waals surface area contributed by atoms with Crippen LogP contribution in [0.5, 0.6) is 5.75 Å². The molecule has 0 saturated heterocycles. The summed E-state index contributed by atoms with van der Waals surface area (Å²) in [5, 5.41) is 6.75. The van der Waals surface area contributed by atoms with E-state index in [9.17, 15) is 14.4 Å². The van der Waals surface area contributed by atoms with Gasteiger partial charge in [0.05, 0.1) is 23.5 Å². The Morgan fingerprint density at radius 2 is 1.83 bits per heavy atom. The molecule has 5 aromatic rings. The van der Waals surface area contributed by atoms with Crippen molar-refractivity contribution < 1.29 is 19.1 Å². The highest BCUT2D eigenvalue weighted by atomic mass is 35.5. The quantitative estimate of drug-likeness (QED) is 0.184. The van der Waals surface area contributed by atoms with E-state index in [-0.39, 0.29) is 23.9 Å². The van der Waals surface area contributed by atoms with Crippen molar-refractivity contribution >= 4 is 69.4 Å². The molecule has 0 aliphatic rings. The summed E-state index contributed by atoms with van der Waals surface area (Å²) >= 11 is 13.2. The number of halogens is 2. The first-order chi connectivity index (χ1) is 22.2. The van der Waals surface area contributed by atoms with Gasteiger partial charge in [0.15, 0.2) is 0 Å². The van der Waals surface area contributed by atoms with Gasteiger partial charge in [-0.2, -0.15) is 0 Å². The molecule has 0 spiro atoms. The number of aryl methyl sites for hydroxylation is 1. The minimum absolute atomic E-state index is 0.0493. The zero-order chi connectivity index (χ0) is 32.6. The third-order valence-electron chi connectivity index (χ3n) is 6.76. The fourth-order valence-corrected chi connectivity index (χ4v) is 4.89. The third kappa shape index (κ3) is 7.81. The van der Waals surface area contributed by atoms with Gasteiger partial charge in [0, 0.05) is 53.4 Å². The molecule has 3 aromatic heterocycles. The van der Waals surface area contributed by atoms with Crippen molar-refractivity contribution in [1.29, 1.82) is 0 Å². The average Bonchev–Trinajstić information content (AvgIpc) is 3.07. The van der Waals surface area contributed by atoms with Gasteiger partial charge in [-0.1, -0.05) is 41.4 Å². The third-order valence-corrected chi connectivity index (χ3v) is 7.54. The number of nitrogens with one attached hydrogen (secondary N) is 2. The number of carbonyl (C=O) groups is 3. The summed E-state index contributed by atoms with van der Waals surface area (Å²) < 4.78 is 6.07. The van der Waals surface area contributed by atoms with Gasteiger partial charge in [-0.15, -0.1) is 0 Å². The van der Waals surface area contributed by atoms with Crippen molar-refractivity contribution in [3.63, 3.8) is 0 Å². The first kappa shape index (κ1) is 32.0. The van der Waals surface area contributed by atoms with Crippen LogP contribution in [-0.2, 0) is 16.2 Å². The van der Waals surface area contributed by atoms with Gasteiger partial charge < -0.3 is 20.3 Å². The van der Waals surface area contributed by atoms with E-state index in [4.69, 9.17) is 27.9 Å². The SMILES string of the molecule is Cc1ccc2cccc(OCc3c(Cl)ccc(N(C)C(=O)CNC(=O)C=Cc4ccc(NC(=O)c5cnccn5)nc4)c3Cl)c2n1. The highest BCUT2D eigenvalue weighted by Crippen LogP contribution is 2.35. The Balaban J connectivity index is 1.16. The second kappa shape index (κ2) is 14.6. The Bertz CT molecular complexity index is 1940. The minimum Gasteiger partial charge on any atom is -0.487 e. The highest BCUT2D eigenvalue weighted by Gasteiger charge is 2.19. The van der Waals surface area contributed by atoms with E-state index in [1.165, 1.54) is 41.8 Å². The average molecular weight is 657 g/mol. The molecule has 0 fully saturated rings. The van der Waals surface area contributed by atoms with Crippen molar-refractivity contribution in [2.75, 3.05) is 23.8 Å². The molecule has 0 radical (unpaired) electrons. The van der Waals surface area contributed by atoms with Gasteiger partial charge in [0.25, 0.3) is 5.91 Å². The van der Waals surface area contributed by atoms with E-state index in [2.05, 4.69) is 30.6 Å². The number of rotatable bonds is 10. The summed E-state index contributed by atoms with van der Waals surface area (Å²) in [6, 6.07) is 16.1. The van der Waals surface area contributed by atoms with Crippen LogP contribution in [0.3, 0.4) is 0 Å². The number of benzene rings is 2. The molecule has 13 heteroatoms. The second-order valence-corrected chi connectivity index (χ2v) is 10.7. The van der Waals surface area contributed by atoms with Crippen LogP contribution < -0.4 is 20.3 Å². The predicted octanol–water partition coefficient (Wildman–Crippen LogP) is 5.66. The molecule has 2 aromatic carbocycles. The van der Waals surface area contributed by atoms with E-state index in [1.807, 2.05) is 37.3 Å². The summed E-state index contributed by atoms with van der Waals surface area (Å²) in [5.74, 6) is -0.456. The molecule has 2 N–H and O–H groups in total. The van der Waals surface area contributed by atoms with Crippen molar-refractivity contribution in [1.82, 2.24) is 25.3 Å². The maximum absolute atomic E-state index is 13.0. The van der Waals surface area contributed by atoms with Gasteiger partial charge in [0.1, 0.15) is 29.4 Å². The Morgan fingerprint density at radius 1 is 0.978 bits per heavy atom. The molecule has 0 saturated carbocycles. The number of anilines is 2. The van der Waals surface area contributed by atoms with Crippen LogP contribution in [0, 0.1) is 6.92 Å². The minimum atomic E-state index is -0.489. The number of fused-ring (bicyclic) bond motifs is 1. The van der Waals surface area contributed by atoms with Crippen molar-refractivity contribution in [2.45, 2.75) is 13.5 Å². The van der Waals surface area contributed by atoms with Crippen LogP contribution in [0.4, 0.5) is 11.5 Å². The first-order valence-corrected chi connectivity index (χ1v) is 14.7. The lowest BCUT2D eigenvalue weighted by molar-refractivity contribution is -0.122. The fourth-order valence-electron chi connectivity index (χ4n) is 4.28. The number of nitrogens with zero attached hydrogens (tertiary/aromatic N) is 5. The molecule has 232 valence electrons. The monoisotopic (exact) mass is 655 g/mol. The molecule has 0 bridgehead atoms. The van der Waals surface area contributed by atoms with Crippen LogP contribution in [0.15, 0.2) is 85.5 Å². The lowest BCUT2D eigenvalue weighted by Crippen LogP contribution is -2.37. The number of para-hydroxylation sites is 1. The van der Waals surface area contributed by atoms with E-state index in [0.29, 0.717) is 33.4 Å². The van der Waals surface area contributed by atoms with E-state index in [1.54, 1.807) is 31.3 Å². The predicted molar refractivity (Wildman–Crippen MR) is 177 cm³/mol. The number of carbonyl (C=O) groups excluding carboxylic acids is 3. The topological polar surface area (TPSA) is 139 Å². The molecule has 0 aliphatic carbocycles. The van der Waals surface area contributed by atoms with Gasteiger partial charge in [-0.05, 0) is 55.0 Å². The zero-order valence-electron chi connectivity index (χ0n) is 24.7. The highest BCUT2D eigenvalue weighted by molar-refractivity contribution is 6.38. The van der Waals surface area contributed by atoms with Gasteiger partial charge in [-0.3, -0.25) is 19.4 Å². The normalized spacial score (nSPS) is 11.0. The summed E-state index contributed by atoms with van der Waals surface area (Å²) in [7, 11) is 1.55. The maximum atomic E-state index is 13.0. The number of ether oxygens (including phenoxy) is 1. The molecule has 5 rings (SSSR count). The Kier molecular flexibility index (Phi) is 10.2. The standard InChI is InChI=1S/C33H27Cl2N7O4/c1-20-6-9-22-4-3-5-27(32(22)40-20)46-19-23-24(34)10-11-26(31(23)35)42(2)30(44)18-39-29(43)13-8-21-7-12-28(38-16-21)41-33(45)25-17-36-14-15-37-25/h3-17H,18-19H2,1-2H3,(H,39,43)(H,38,41,45). The number of aromatic nitrogens is 4. The summed E-state index contributed by atoms with van der Waals surface area (Å²) in [5.41, 5.74) is 3.25. The molecule has 3 heterocycles. The largest absolute Gasteiger partial charge is 0.487 e. The summed E-state index contributed by atoms with van der Waals surface area (Å²) in [6.45, 7) is 1.67. The lowest BCUT2D eigenvalue weighted by atomic mass is 10.1. The molecule has 11 nitrogen and oxygen atoms in total. The van der Waals surface area contributed by atoms with Crippen LogP contribution in [0.25, 0.3) is 17.0 Å². The maximum Gasteiger partial charge on any atom is 0.277 e. The summed E-state index contributed by atoms with van der Waals surface area (Å²) in [6.07, 6.45) is 8.51. The summed E-state index contributed by atoms with van der Waals surface area (Å²) in [4.78, 5) is 55.5. The van der Waals surface area contributed by atoms with Crippen LogP contribution in [0.1, 0.15) is 27.3 Å². The Labute approximate surface area is 274 Å². The van der Waals surface area contributed by atoms with Gasteiger partial charge >= 0.3 is 0 Å². The number of amides is 3. The van der Waals surface area contributed by atoms with E-state index in [0.717, 1.165) is 16.6 Å². The van der Waals surface area contributed by atoms with E-state index < -0.39 is 17.7 Å². The second-order valence-electron chi connectivity index (χ2n) is 9.95. The lowest BCUT2D eigenvalue weighted by Gasteiger charge is -2.21. The van der Waals surface area contributed by atoms with Crippen molar-refractivity contribution in [3.05, 3.63) is 118 Å². The number of pyridine rings is 2. The van der Waals surface area contributed by atoms with Crippen LogP contribution >= 0.6 is 23.2 Å². The molecule has 3 amide bonds. The molecule has 0 aliphatic heterocycles. The number of hydrogen-bond donors (Lipinski definition) is 2. The van der Waals surface area contributed by atoms with Crippen molar-refractivity contribution in [3.8, 4) is 5.75 Å². The number of likely N-dealkylation sites (N-methyl/N-ethyl adjacent to an activating group) is 1. The Morgan fingerprint density at radius 3 is 2.59 bits per heavy atom. The smallest absolute Gasteiger partial charge is 0.277 e. The van der Waals surface area contributed by atoms with Crippen LogP contribution in [-0.4, -0.2) is 51.2 Å². The molecule has 0 unspecified atom stereocenters. The first-order valence-electron chi connectivity index (χ1n) is 13.9. The van der Waals surface area contributed by atoms with Gasteiger partial charge in [0.2, 0.25) is 11.8 Å². The fraction of sp³-hybridized carbons (Fsp3) is 0.121. The zero-order valence-corrected chi connectivity index (χ0v) is 26.2. The molecule has 0 atom stereocenters. The molecule has 46 heavy (non-hydrogen) atoms. The van der Waals surface area contributed by atoms with Crippen molar-refractivity contribution in [2.24, 2.45) is 0 Å². The van der Waals surface area contributed by atoms with E-state index >= 15 is 0 Å². The Hall–Kier alpha value is -5.39. The molecular weight excluding hydrogens is 629 g/mol. The van der Waals surface area contributed by atoms with Gasteiger partial charge in [-0.25, -0.2) is 15.0 Å². The molecular formula is C33H27Cl2N7O4. The number of hydrogen-bond acceptors (Lipinski definition) is 8. The van der Waals surface area contributed by atoms with Crippen LogP contribution in [0.2, 0.25) is 10.0 Å².